The summed E-state index contributed by atoms with van der Waals surface area (Å²) in [6.45, 7) is 9.47. The highest BCUT2D eigenvalue weighted by Gasteiger charge is 2.61. The highest BCUT2D eigenvalue weighted by atomic mass is 32.2. The Morgan fingerprint density at radius 1 is 1.02 bits per heavy atom. The predicted molar refractivity (Wildman–Crippen MR) is 236 cm³/mol. The van der Waals surface area contributed by atoms with E-state index in [0.29, 0.717) is 53.1 Å². The Hall–Kier alpha value is -4.97. The maximum absolute atomic E-state index is 14.9. The van der Waals surface area contributed by atoms with E-state index in [1.54, 1.807) is 25.3 Å². The number of methoxy groups -OCH3 is 1. The predicted octanol–water partition coefficient (Wildman–Crippen LogP) is 6.07. The number of hydrogen-bond acceptors (Lipinski definition) is 13. The fourth-order valence-corrected chi connectivity index (χ4v) is 10.5. The van der Waals surface area contributed by atoms with E-state index in [1.165, 1.54) is 16.2 Å². The van der Waals surface area contributed by atoms with Gasteiger partial charge >= 0.3 is 6.09 Å². The smallest absolute Gasteiger partial charge is 0.408 e. The van der Waals surface area contributed by atoms with E-state index in [2.05, 4.69) is 20.7 Å². The second-order valence-electron chi connectivity index (χ2n) is 18.3. The number of aromatic nitrogens is 2. The Morgan fingerprint density at radius 2 is 1.79 bits per heavy atom. The lowest BCUT2D eigenvalue weighted by atomic mass is 9.85. The molecule has 0 bridgehead atoms. The zero-order valence-electron chi connectivity index (χ0n) is 36.3. The maximum Gasteiger partial charge on any atom is 0.408 e. The molecule has 1 unspecified atom stereocenters. The van der Waals surface area contributed by atoms with Gasteiger partial charge in [0.05, 0.1) is 30.6 Å². The molecule has 7 rings (SSSR count). The lowest BCUT2D eigenvalue weighted by molar-refractivity contribution is -0.143. The van der Waals surface area contributed by atoms with Crippen LogP contribution in [0.1, 0.15) is 98.8 Å². The third-order valence-corrected chi connectivity index (χ3v) is 14.0. The number of carbonyl (C=O) groups excluding carboxylic acids is 4. The Balaban J connectivity index is 1.22. The zero-order chi connectivity index (χ0) is 44.4. The minimum Gasteiger partial charge on any atom is -0.497 e. The van der Waals surface area contributed by atoms with Gasteiger partial charge in [0.2, 0.25) is 21.8 Å². The zero-order valence-corrected chi connectivity index (χ0v) is 38.0. The van der Waals surface area contributed by atoms with E-state index in [9.17, 15) is 27.6 Å². The van der Waals surface area contributed by atoms with Crippen molar-refractivity contribution in [1.29, 1.82) is 0 Å². The van der Waals surface area contributed by atoms with E-state index >= 15 is 0 Å². The number of thiazole rings is 1. The molecule has 2 aliphatic carbocycles. The fraction of sp³-hybridized carbons (Fsp3) is 0.591. The SMILES string of the molecule is COc1ccc2c(O[C@@H]3CC(C(=O)N[C@]45C[C@H]4C=CCCCCCS(=O)(=O)NC5=O)N(C(=O)[C@@H](NC(=O)OC4CCCC4)C(C)(C)C)C3)cc(-c3csc(NC(C)C)n3)nc2c1. The van der Waals surface area contributed by atoms with Gasteiger partial charge in [0.15, 0.2) is 5.13 Å². The van der Waals surface area contributed by atoms with Crippen molar-refractivity contribution in [1.82, 2.24) is 30.2 Å². The van der Waals surface area contributed by atoms with Crippen molar-refractivity contribution in [3.05, 3.63) is 41.8 Å². The first-order valence-electron chi connectivity index (χ1n) is 21.6. The summed E-state index contributed by atoms with van der Waals surface area (Å²) in [4.78, 5) is 67.8. The number of hydrogen-bond donors (Lipinski definition) is 4. The normalized spacial score (nSPS) is 24.6. The largest absolute Gasteiger partial charge is 0.497 e. The van der Waals surface area contributed by atoms with Gasteiger partial charge < -0.3 is 35.1 Å². The quantitative estimate of drug-likeness (QED) is 0.162. The molecule has 62 heavy (non-hydrogen) atoms. The molecule has 3 aromatic rings. The van der Waals surface area contributed by atoms with Crippen molar-refractivity contribution >= 4 is 61.2 Å². The molecule has 5 atom stereocenters. The molecule has 0 radical (unpaired) electrons. The van der Waals surface area contributed by atoms with E-state index in [1.807, 2.05) is 58.2 Å². The molecular weight excluding hydrogens is 835 g/mol. The second kappa shape index (κ2) is 18.4. The van der Waals surface area contributed by atoms with E-state index in [0.717, 1.165) is 37.2 Å². The topological polar surface area (TPSA) is 207 Å². The molecule has 18 heteroatoms. The maximum atomic E-state index is 14.9. The number of fused-ring (bicyclic) bond motifs is 2. The van der Waals surface area contributed by atoms with E-state index < -0.39 is 68.9 Å². The number of carbonyl (C=O) groups is 4. The number of allylic oxidation sites excluding steroid dienone is 1. The Bertz CT molecular complexity index is 2300. The van der Waals surface area contributed by atoms with Crippen LogP contribution in [0.4, 0.5) is 9.93 Å². The number of anilines is 1. The molecule has 2 aliphatic heterocycles. The molecule has 2 saturated carbocycles. The first kappa shape index (κ1) is 45.1. The molecule has 3 fully saturated rings. The van der Waals surface area contributed by atoms with Crippen molar-refractivity contribution in [3.8, 4) is 22.9 Å². The number of nitrogens with one attached hydrogen (secondary N) is 4. The van der Waals surface area contributed by atoms with Crippen LogP contribution >= 0.6 is 11.3 Å². The van der Waals surface area contributed by atoms with Crippen LogP contribution in [0.5, 0.6) is 11.5 Å². The summed E-state index contributed by atoms with van der Waals surface area (Å²) in [5.41, 5.74) is -0.600. The molecule has 2 aromatic heterocycles. The fourth-order valence-electron chi connectivity index (χ4n) is 8.47. The van der Waals surface area contributed by atoms with Crippen molar-refractivity contribution < 1.29 is 41.8 Å². The van der Waals surface area contributed by atoms with Gasteiger partial charge in [-0.25, -0.2) is 23.2 Å². The third-order valence-electron chi connectivity index (χ3n) is 11.9. The summed E-state index contributed by atoms with van der Waals surface area (Å²) in [5.74, 6) is -1.60. The van der Waals surface area contributed by atoms with E-state index in [-0.39, 0.29) is 37.3 Å². The van der Waals surface area contributed by atoms with Crippen LogP contribution in [-0.4, -0.2) is 102 Å². The monoisotopic (exact) mass is 893 g/mol. The van der Waals surface area contributed by atoms with Gasteiger partial charge in [0.1, 0.15) is 47.0 Å². The summed E-state index contributed by atoms with van der Waals surface area (Å²) in [5, 5.41) is 12.4. The highest BCUT2D eigenvalue weighted by molar-refractivity contribution is 7.90. The standard InChI is InChI=1S/C44H59N7O9S2/c1-26(2)45-41-47-34(25-61-41)33-22-36(31-18-17-29(58-6)20-32(31)46-33)59-30-21-35(51(24-30)39(53)37(43(3,4)5)48-42(55)60-28-15-11-12-16-28)38(52)49-44-23-27(44)14-10-8-7-9-13-19-62(56,57)50-40(44)54/h10,14,17-18,20,22,25-28,30,35,37H,7-9,11-13,15-16,19,21,23-24H2,1-6H3,(H,45,47)(H,48,55)(H,49,52)(H,50,54)/t27-,30-,35?,37-,44-/m1/s1. The van der Waals surface area contributed by atoms with Crippen LogP contribution in [0, 0.1) is 11.3 Å². The third kappa shape index (κ3) is 10.4. The van der Waals surface area contributed by atoms with Gasteiger partial charge in [0.25, 0.3) is 5.91 Å². The van der Waals surface area contributed by atoms with Crippen LogP contribution < -0.4 is 30.1 Å². The Morgan fingerprint density at radius 3 is 2.52 bits per heavy atom. The average Bonchev–Trinajstić information content (AvgIpc) is 3.64. The number of nitrogens with zero attached hydrogens (tertiary/aromatic N) is 3. The first-order valence-corrected chi connectivity index (χ1v) is 24.2. The molecule has 0 spiro atoms. The number of rotatable bonds is 11. The van der Waals surface area contributed by atoms with Crippen LogP contribution in [0.2, 0.25) is 0 Å². The minimum absolute atomic E-state index is 0.0198. The summed E-state index contributed by atoms with van der Waals surface area (Å²) in [6, 6.07) is 5.12. The van der Waals surface area contributed by atoms with Gasteiger partial charge in [-0.05, 0) is 82.8 Å². The van der Waals surface area contributed by atoms with Gasteiger partial charge in [-0.15, -0.1) is 11.3 Å². The summed E-state index contributed by atoms with van der Waals surface area (Å²) in [7, 11) is -2.39. The minimum atomic E-state index is -3.96. The van der Waals surface area contributed by atoms with Gasteiger partial charge in [-0.3, -0.25) is 19.1 Å². The highest BCUT2D eigenvalue weighted by Crippen LogP contribution is 2.46. The number of ether oxygens (including phenoxy) is 3. The molecule has 16 nitrogen and oxygen atoms in total. The number of pyridine rings is 1. The van der Waals surface area contributed by atoms with E-state index in [4.69, 9.17) is 24.2 Å². The number of benzene rings is 1. The van der Waals surface area contributed by atoms with Crippen LogP contribution in [-0.2, 0) is 29.1 Å². The summed E-state index contributed by atoms with van der Waals surface area (Å²) in [6.07, 6.45) is 8.37. The number of likely N-dealkylation sites (tertiary alicyclic amines) is 1. The first-order chi connectivity index (χ1) is 29.4. The molecule has 336 valence electrons. The summed E-state index contributed by atoms with van der Waals surface area (Å²) >= 11 is 1.45. The lowest BCUT2D eigenvalue weighted by Gasteiger charge is -2.35. The van der Waals surface area contributed by atoms with Crippen molar-refractivity contribution in [2.45, 2.75) is 135 Å². The number of sulfonamides is 1. The average molecular weight is 894 g/mol. The van der Waals surface area contributed by atoms with Crippen molar-refractivity contribution in [2.24, 2.45) is 11.3 Å². The van der Waals surface area contributed by atoms with Crippen LogP contribution in [0.3, 0.4) is 0 Å². The van der Waals surface area contributed by atoms with Crippen molar-refractivity contribution in [2.75, 3.05) is 24.7 Å². The molecule has 1 aromatic carbocycles. The number of amides is 4. The molecule has 1 saturated heterocycles. The Labute approximate surface area is 367 Å². The number of alkyl carbamates (subject to hydrolysis) is 1. The second-order valence-corrected chi connectivity index (χ2v) is 21.0. The molecule has 4 amide bonds. The molecular formula is C44H59N7O9S2. The van der Waals surface area contributed by atoms with Gasteiger partial charge in [-0.1, -0.05) is 39.3 Å². The van der Waals surface area contributed by atoms with Crippen molar-refractivity contribution in [3.63, 3.8) is 0 Å². The van der Waals surface area contributed by atoms with Crippen LogP contribution in [0.15, 0.2) is 41.8 Å². The van der Waals surface area contributed by atoms with Crippen LogP contribution in [0.25, 0.3) is 22.3 Å². The molecule has 4 N–H and O–H groups in total. The van der Waals surface area contributed by atoms with Gasteiger partial charge in [-0.2, -0.15) is 0 Å². The van der Waals surface area contributed by atoms with Gasteiger partial charge in [0, 0.05) is 41.3 Å². The molecule has 4 aliphatic rings. The lowest BCUT2D eigenvalue weighted by Crippen LogP contribution is -2.60. The molecule has 4 heterocycles. The summed E-state index contributed by atoms with van der Waals surface area (Å²) < 4.78 is 46.1. The Kier molecular flexibility index (Phi) is 13.4.